The van der Waals surface area contributed by atoms with E-state index in [1.807, 2.05) is 0 Å². The zero-order chi connectivity index (χ0) is 24.3. The minimum absolute atomic E-state index is 0.0278. The van der Waals surface area contributed by atoms with Crippen molar-refractivity contribution in [3.63, 3.8) is 0 Å². The zero-order valence-electron chi connectivity index (χ0n) is 20.0. The molecule has 1 aromatic rings. The third-order valence-electron chi connectivity index (χ3n) is 4.98. The van der Waals surface area contributed by atoms with Crippen molar-refractivity contribution < 1.29 is 47.8 Å². The Kier molecular flexibility index (Phi) is 15.5. The number of fused-ring (bicyclic) bond motifs is 1. The van der Waals surface area contributed by atoms with E-state index >= 15 is 0 Å². The number of phenolic OH excluding ortho intramolecular Hbond substituents is 1. The molecule has 10 heteroatoms. The first-order chi connectivity index (χ1) is 16.7. The second-order valence-corrected chi connectivity index (χ2v) is 7.55. The summed E-state index contributed by atoms with van der Waals surface area (Å²) in [6.07, 6.45) is 1.01. The largest absolute Gasteiger partial charge is 0.508 e. The van der Waals surface area contributed by atoms with Crippen LogP contribution in [-0.2, 0) is 38.0 Å². The van der Waals surface area contributed by atoms with E-state index < -0.39 is 0 Å². The predicted molar refractivity (Wildman–Crippen MR) is 123 cm³/mol. The monoisotopic (exact) mass is 486 g/mol. The highest BCUT2D eigenvalue weighted by Crippen LogP contribution is 2.38. The minimum atomic E-state index is -0.287. The number of rotatable bonds is 21. The Morgan fingerprint density at radius 1 is 0.765 bits per heavy atom. The maximum absolute atomic E-state index is 11.8. The Morgan fingerprint density at radius 2 is 1.24 bits per heavy atom. The summed E-state index contributed by atoms with van der Waals surface area (Å²) in [4.78, 5) is 11.8. The van der Waals surface area contributed by atoms with Crippen LogP contribution in [0.25, 0.3) is 0 Å². The average molecular weight is 487 g/mol. The molecule has 10 nitrogen and oxygen atoms in total. The van der Waals surface area contributed by atoms with Crippen LogP contribution in [0.4, 0.5) is 0 Å². The first-order valence-corrected chi connectivity index (χ1v) is 11.7. The third-order valence-corrected chi connectivity index (χ3v) is 4.98. The summed E-state index contributed by atoms with van der Waals surface area (Å²) in [5.41, 5.74) is 0.925. The summed E-state index contributed by atoms with van der Waals surface area (Å²) in [5.74, 6) is 0.255. The fourth-order valence-electron chi connectivity index (χ4n) is 3.25. The Labute approximate surface area is 201 Å². The topological polar surface area (TPSA) is 111 Å². The molecule has 34 heavy (non-hydrogen) atoms. The number of phenols is 1. The molecule has 1 unspecified atom stereocenters. The van der Waals surface area contributed by atoms with E-state index in [4.69, 9.17) is 37.9 Å². The lowest BCUT2D eigenvalue weighted by atomic mass is 9.90. The molecule has 0 aliphatic carbocycles. The molecule has 0 spiro atoms. The molecule has 0 saturated carbocycles. The standard InChI is InChI=1S/C24H38O10/c1-27-6-7-29-10-11-31-14-15-33-17-16-32-13-12-30-9-8-28-5-4-20-18-24(26)34-23-19-21(25)2-3-22(20)23/h2-3,19-20,25H,4-18H2,1H3. The molecule has 1 aliphatic rings. The SMILES string of the molecule is COCCOCCOCCOCCOCCOCCOCCC1CC(=O)Oc2cc(O)ccc21. The van der Waals surface area contributed by atoms with Crippen LogP contribution in [0.5, 0.6) is 11.5 Å². The summed E-state index contributed by atoms with van der Waals surface area (Å²) in [5, 5.41) is 9.56. The molecule has 0 saturated heterocycles. The van der Waals surface area contributed by atoms with E-state index in [0.717, 1.165) is 5.56 Å². The van der Waals surface area contributed by atoms with Crippen molar-refractivity contribution in [3.8, 4) is 11.5 Å². The second kappa shape index (κ2) is 18.5. The number of aromatic hydroxyl groups is 1. The van der Waals surface area contributed by atoms with Crippen LogP contribution in [0.2, 0.25) is 0 Å². The summed E-state index contributed by atoms with van der Waals surface area (Å²) in [6, 6.07) is 4.87. The van der Waals surface area contributed by atoms with E-state index in [9.17, 15) is 9.90 Å². The van der Waals surface area contributed by atoms with Gasteiger partial charge >= 0.3 is 5.97 Å². The third kappa shape index (κ3) is 12.6. The first-order valence-electron chi connectivity index (χ1n) is 11.7. The van der Waals surface area contributed by atoms with Crippen LogP contribution >= 0.6 is 0 Å². The van der Waals surface area contributed by atoms with E-state index in [-0.39, 0.29) is 17.6 Å². The lowest BCUT2D eigenvalue weighted by Crippen LogP contribution is -2.21. The van der Waals surface area contributed by atoms with Crippen LogP contribution in [0.1, 0.15) is 24.3 Å². The Bertz CT molecular complexity index is 669. The van der Waals surface area contributed by atoms with Crippen molar-refractivity contribution in [2.45, 2.75) is 18.8 Å². The van der Waals surface area contributed by atoms with Crippen LogP contribution in [0.15, 0.2) is 18.2 Å². The number of methoxy groups -OCH3 is 1. The molecule has 0 fully saturated rings. The van der Waals surface area contributed by atoms with Gasteiger partial charge in [-0.3, -0.25) is 4.79 Å². The van der Waals surface area contributed by atoms with Gasteiger partial charge in [-0.25, -0.2) is 0 Å². The maximum atomic E-state index is 11.8. The molecular weight excluding hydrogens is 448 g/mol. The Balaban J connectivity index is 1.33. The van der Waals surface area contributed by atoms with E-state index in [1.54, 1.807) is 19.2 Å². The van der Waals surface area contributed by atoms with Crippen LogP contribution < -0.4 is 4.74 Å². The predicted octanol–water partition coefficient (Wildman–Crippen LogP) is 1.92. The van der Waals surface area contributed by atoms with Crippen LogP contribution in [-0.4, -0.2) is 104 Å². The van der Waals surface area contributed by atoms with Gasteiger partial charge < -0.3 is 43.0 Å². The van der Waals surface area contributed by atoms with Gasteiger partial charge in [0.25, 0.3) is 0 Å². The van der Waals surface area contributed by atoms with Crippen LogP contribution in [0.3, 0.4) is 0 Å². The maximum Gasteiger partial charge on any atom is 0.311 e. The van der Waals surface area contributed by atoms with Gasteiger partial charge in [-0.05, 0) is 18.1 Å². The number of carbonyl (C=O) groups excluding carboxylic acids is 1. The lowest BCUT2D eigenvalue weighted by Gasteiger charge is -2.24. The number of hydrogen-bond acceptors (Lipinski definition) is 10. The van der Waals surface area contributed by atoms with Gasteiger partial charge in [0.1, 0.15) is 11.5 Å². The molecule has 0 amide bonds. The van der Waals surface area contributed by atoms with Gasteiger partial charge in [0, 0.05) is 25.7 Å². The smallest absolute Gasteiger partial charge is 0.311 e. The molecule has 1 aromatic carbocycles. The number of benzene rings is 1. The van der Waals surface area contributed by atoms with E-state index in [2.05, 4.69) is 0 Å². The second-order valence-electron chi connectivity index (χ2n) is 7.55. The van der Waals surface area contributed by atoms with Crippen molar-refractivity contribution >= 4 is 5.97 Å². The number of ether oxygens (including phenoxy) is 8. The number of carbonyl (C=O) groups is 1. The van der Waals surface area contributed by atoms with Crippen molar-refractivity contribution in [3.05, 3.63) is 23.8 Å². The van der Waals surface area contributed by atoms with Gasteiger partial charge in [-0.1, -0.05) is 6.07 Å². The Morgan fingerprint density at radius 3 is 1.74 bits per heavy atom. The van der Waals surface area contributed by atoms with Crippen molar-refractivity contribution in [1.82, 2.24) is 0 Å². The highest BCUT2D eigenvalue weighted by Gasteiger charge is 2.27. The first kappa shape index (κ1) is 28.4. The molecule has 1 N–H and O–H groups in total. The lowest BCUT2D eigenvalue weighted by molar-refractivity contribution is -0.136. The molecule has 0 radical (unpaired) electrons. The molecule has 1 aliphatic heterocycles. The number of esters is 1. The minimum Gasteiger partial charge on any atom is -0.508 e. The fraction of sp³-hybridized carbons (Fsp3) is 0.708. The van der Waals surface area contributed by atoms with Gasteiger partial charge in [0.15, 0.2) is 0 Å². The summed E-state index contributed by atoms with van der Waals surface area (Å²) < 4.78 is 42.7. The van der Waals surface area contributed by atoms with E-state index in [0.29, 0.717) is 104 Å². The van der Waals surface area contributed by atoms with Crippen LogP contribution in [0, 0.1) is 0 Å². The van der Waals surface area contributed by atoms with Crippen molar-refractivity contribution in [2.75, 3.05) is 93.0 Å². The highest BCUT2D eigenvalue weighted by atomic mass is 16.6. The summed E-state index contributed by atoms with van der Waals surface area (Å²) in [7, 11) is 1.64. The van der Waals surface area contributed by atoms with Gasteiger partial charge in [-0.2, -0.15) is 0 Å². The zero-order valence-corrected chi connectivity index (χ0v) is 20.0. The summed E-state index contributed by atoms with van der Waals surface area (Å²) in [6.45, 7) is 6.76. The van der Waals surface area contributed by atoms with E-state index in [1.165, 1.54) is 6.07 Å². The molecule has 1 atom stereocenters. The molecular formula is C24H38O10. The molecule has 0 aromatic heterocycles. The normalized spacial score (nSPS) is 15.3. The molecule has 0 bridgehead atoms. The van der Waals surface area contributed by atoms with Gasteiger partial charge in [0.2, 0.25) is 0 Å². The molecule has 194 valence electrons. The molecule has 1 heterocycles. The van der Waals surface area contributed by atoms with Crippen molar-refractivity contribution in [2.24, 2.45) is 0 Å². The van der Waals surface area contributed by atoms with Crippen molar-refractivity contribution in [1.29, 1.82) is 0 Å². The quantitative estimate of drug-likeness (QED) is 0.157. The average Bonchev–Trinajstić information content (AvgIpc) is 2.82. The fourth-order valence-corrected chi connectivity index (χ4v) is 3.25. The Hall–Kier alpha value is -1.79. The summed E-state index contributed by atoms with van der Waals surface area (Å²) >= 11 is 0. The highest BCUT2D eigenvalue weighted by molar-refractivity contribution is 5.76. The number of hydrogen-bond donors (Lipinski definition) is 1. The van der Waals surface area contributed by atoms with Gasteiger partial charge in [0.05, 0.1) is 85.7 Å². The van der Waals surface area contributed by atoms with Gasteiger partial charge in [-0.15, -0.1) is 0 Å². The molecule has 2 rings (SSSR count).